The van der Waals surface area contributed by atoms with Gasteiger partial charge in [0.2, 0.25) is 0 Å². The van der Waals surface area contributed by atoms with Gasteiger partial charge in [0, 0.05) is 0 Å². The Kier molecular flexibility index (Phi) is 1.98. The van der Waals surface area contributed by atoms with Gasteiger partial charge in [-0.15, -0.1) is 0 Å². The summed E-state index contributed by atoms with van der Waals surface area (Å²) in [5.74, 6) is 0.0359. The lowest BCUT2D eigenvalue weighted by Crippen LogP contribution is -2.53. The minimum atomic E-state index is -2.95. The summed E-state index contributed by atoms with van der Waals surface area (Å²) >= 11 is 0. The van der Waals surface area contributed by atoms with Gasteiger partial charge in [0.1, 0.15) is 11.0 Å². The largest absolute Gasteiger partial charge is 0.633 e. The summed E-state index contributed by atoms with van der Waals surface area (Å²) in [6.45, 7) is 2.00. The average molecular weight is 179 g/mol. The van der Waals surface area contributed by atoms with Gasteiger partial charge in [0.25, 0.3) is 0 Å². The van der Waals surface area contributed by atoms with E-state index in [-0.39, 0.29) is 18.8 Å². The molecule has 0 radical (unpaired) electrons. The summed E-state index contributed by atoms with van der Waals surface area (Å²) in [7, 11) is -1.43. The van der Waals surface area contributed by atoms with Crippen molar-refractivity contribution in [2.45, 2.75) is 12.2 Å². The second kappa shape index (κ2) is 2.43. The van der Waals surface area contributed by atoms with Crippen LogP contribution in [0.3, 0.4) is 0 Å². The molecule has 5 heteroatoms. The molecule has 66 valence electrons. The first kappa shape index (κ1) is 8.96. The van der Waals surface area contributed by atoms with Crippen molar-refractivity contribution in [3.05, 3.63) is 5.21 Å². The van der Waals surface area contributed by atoms with E-state index in [2.05, 4.69) is 0 Å². The minimum Gasteiger partial charge on any atom is -0.633 e. The van der Waals surface area contributed by atoms with Crippen molar-refractivity contribution < 1.29 is 13.1 Å². The Bertz CT molecular complexity index is 245. The molecule has 0 saturated carbocycles. The van der Waals surface area contributed by atoms with Crippen molar-refractivity contribution in [3.8, 4) is 0 Å². The Balaban J connectivity index is 2.79. The van der Waals surface area contributed by atoms with Crippen LogP contribution in [0.2, 0.25) is 0 Å². The maximum atomic E-state index is 11.3. The SMILES string of the molecule is CC1C[N+](C)([O-])CCS1(=O)=O. The molecule has 0 amide bonds. The zero-order chi connectivity index (χ0) is 8.70. The Hall–Kier alpha value is -0.130. The summed E-state index contributed by atoms with van der Waals surface area (Å²) in [6, 6.07) is 0. The topological polar surface area (TPSA) is 57.2 Å². The lowest BCUT2D eigenvalue weighted by molar-refractivity contribution is -0.859. The standard InChI is InChI=1S/C6H13NO3S/c1-6-5-7(2,8)3-4-11(6,9)10/h6H,3-5H2,1-2H3. The molecule has 0 spiro atoms. The van der Waals surface area contributed by atoms with Gasteiger partial charge in [0.05, 0.1) is 20.1 Å². The summed E-state index contributed by atoms with van der Waals surface area (Å²) in [5.41, 5.74) is 0. The van der Waals surface area contributed by atoms with Crippen molar-refractivity contribution in [2.75, 3.05) is 25.9 Å². The zero-order valence-corrected chi connectivity index (χ0v) is 7.60. The quantitative estimate of drug-likeness (QED) is 0.380. The second-order valence-corrected chi connectivity index (χ2v) is 5.92. The zero-order valence-electron chi connectivity index (χ0n) is 6.78. The normalized spacial score (nSPS) is 43.7. The van der Waals surface area contributed by atoms with Crippen LogP contribution < -0.4 is 0 Å². The highest BCUT2D eigenvalue weighted by molar-refractivity contribution is 7.92. The fourth-order valence-corrected chi connectivity index (χ4v) is 2.86. The average Bonchev–Trinajstić information content (AvgIpc) is 1.81. The molecule has 1 fully saturated rings. The Morgan fingerprint density at radius 1 is 1.55 bits per heavy atom. The molecule has 4 nitrogen and oxygen atoms in total. The number of hydrogen-bond donors (Lipinski definition) is 0. The molecule has 11 heavy (non-hydrogen) atoms. The van der Waals surface area contributed by atoms with Crippen LogP contribution in [0.1, 0.15) is 6.92 Å². The van der Waals surface area contributed by atoms with Gasteiger partial charge in [-0.1, -0.05) is 0 Å². The van der Waals surface area contributed by atoms with E-state index in [1.54, 1.807) is 6.92 Å². The molecule has 0 aromatic carbocycles. The van der Waals surface area contributed by atoms with Crippen molar-refractivity contribution in [2.24, 2.45) is 0 Å². The van der Waals surface area contributed by atoms with Crippen molar-refractivity contribution in [1.29, 1.82) is 0 Å². The van der Waals surface area contributed by atoms with E-state index in [1.165, 1.54) is 7.05 Å². The Labute approximate surface area is 66.9 Å². The first-order valence-electron chi connectivity index (χ1n) is 3.61. The van der Waals surface area contributed by atoms with Crippen molar-refractivity contribution >= 4 is 9.84 Å². The fraction of sp³-hybridized carbons (Fsp3) is 1.00. The molecule has 1 saturated heterocycles. The van der Waals surface area contributed by atoms with E-state index in [0.29, 0.717) is 0 Å². The van der Waals surface area contributed by atoms with E-state index in [1.807, 2.05) is 0 Å². The van der Waals surface area contributed by atoms with E-state index >= 15 is 0 Å². The monoisotopic (exact) mass is 179 g/mol. The molecule has 0 aromatic rings. The van der Waals surface area contributed by atoms with Gasteiger partial charge < -0.3 is 9.85 Å². The number of sulfone groups is 1. The predicted molar refractivity (Wildman–Crippen MR) is 42.5 cm³/mol. The fourth-order valence-electron chi connectivity index (χ4n) is 1.27. The highest BCUT2D eigenvalue weighted by Crippen LogP contribution is 2.15. The summed E-state index contributed by atoms with van der Waals surface area (Å²) in [5, 5.41) is 10.8. The van der Waals surface area contributed by atoms with Gasteiger partial charge in [-0.2, -0.15) is 0 Å². The number of rotatable bonds is 0. The summed E-state index contributed by atoms with van der Waals surface area (Å²) in [4.78, 5) is 0. The molecular weight excluding hydrogens is 166 g/mol. The highest BCUT2D eigenvalue weighted by Gasteiger charge is 2.33. The predicted octanol–water partition coefficient (Wildman–Crippen LogP) is -0.252. The number of hydrogen-bond acceptors (Lipinski definition) is 3. The van der Waals surface area contributed by atoms with Crippen LogP contribution in [0.25, 0.3) is 0 Å². The van der Waals surface area contributed by atoms with E-state index in [4.69, 9.17) is 0 Å². The first-order chi connectivity index (χ1) is 4.83. The number of quaternary nitrogens is 1. The van der Waals surface area contributed by atoms with Gasteiger partial charge in [-0.3, -0.25) is 0 Å². The van der Waals surface area contributed by atoms with E-state index in [0.717, 1.165) is 0 Å². The highest BCUT2D eigenvalue weighted by atomic mass is 32.2. The Morgan fingerprint density at radius 2 is 2.09 bits per heavy atom. The second-order valence-electron chi connectivity index (χ2n) is 3.38. The molecule has 1 aliphatic rings. The van der Waals surface area contributed by atoms with E-state index < -0.39 is 19.7 Å². The molecule has 2 atom stereocenters. The van der Waals surface area contributed by atoms with Crippen molar-refractivity contribution in [1.82, 2.24) is 0 Å². The molecule has 0 aliphatic carbocycles. The molecular formula is C6H13NO3S. The maximum Gasteiger partial charge on any atom is 0.163 e. The molecule has 0 aromatic heterocycles. The lowest BCUT2D eigenvalue weighted by Gasteiger charge is -2.43. The number of nitrogens with zero attached hydrogens (tertiary/aromatic N) is 1. The van der Waals surface area contributed by atoms with Crippen LogP contribution in [0.15, 0.2) is 0 Å². The molecule has 2 unspecified atom stereocenters. The van der Waals surface area contributed by atoms with Crippen LogP contribution in [0.4, 0.5) is 0 Å². The van der Waals surface area contributed by atoms with Crippen LogP contribution in [0.5, 0.6) is 0 Å². The van der Waals surface area contributed by atoms with Gasteiger partial charge >= 0.3 is 0 Å². The van der Waals surface area contributed by atoms with Crippen LogP contribution in [0, 0.1) is 5.21 Å². The maximum absolute atomic E-state index is 11.3. The smallest absolute Gasteiger partial charge is 0.163 e. The molecule has 1 heterocycles. The van der Waals surface area contributed by atoms with Crippen LogP contribution in [-0.4, -0.2) is 44.2 Å². The number of hydroxylamine groups is 3. The van der Waals surface area contributed by atoms with Crippen LogP contribution in [-0.2, 0) is 9.84 Å². The third kappa shape index (κ3) is 1.91. The lowest BCUT2D eigenvalue weighted by atomic mass is 10.4. The Morgan fingerprint density at radius 3 is 2.45 bits per heavy atom. The molecule has 1 aliphatic heterocycles. The van der Waals surface area contributed by atoms with Gasteiger partial charge in [-0.05, 0) is 6.92 Å². The van der Waals surface area contributed by atoms with Crippen LogP contribution >= 0.6 is 0 Å². The van der Waals surface area contributed by atoms with Crippen molar-refractivity contribution in [3.63, 3.8) is 0 Å². The third-order valence-electron chi connectivity index (χ3n) is 2.11. The van der Waals surface area contributed by atoms with Gasteiger partial charge in [-0.25, -0.2) is 8.42 Å². The van der Waals surface area contributed by atoms with E-state index in [9.17, 15) is 13.6 Å². The summed E-state index contributed by atoms with van der Waals surface area (Å²) in [6.07, 6.45) is 0. The molecule has 0 bridgehead atoms. The molecule has 0 N–H and O–H groups in total. The third-order valence-corrected chi connectivity index (χ3v) is 4.23. The molecule has 1 rings (SSSR count). The first-order valence-corrected chi connectivity index (χ1v) is 5.32. The summed E-state index contributed by atoms with van der Waals surface area (Å²) < 4.78 is 21.8. The minimum absolute atomic E-state index is 0.0359. The van der Waals surface area contributed by atoms with Gasteiger partial charge in [0.15, 0.2) is 9.84 Å².